The van der Waals surface area contributed by atoms with E-state index in [4.69, 9.17) is 11.6 Å². The average molecular weight is 317 g/mol. The van der Waals surface area contributed by atoms with Gasteiger partial charge in [-0.05, 0) is 31.5 Å². The molecule has 4 nitrogen and oxygen atoms in total. The highest BCUT2D eigenvalue weighted by molar-refractivity contribution is 7.91. The van der Waals surface area contributed by atoms with Crippen LogP contribution >= 0.6 is 22.9 Å². The number of nitrogens with zero attached hydrogens (tertiary/aromatic N) is 1. The number of sulfone groups is 1. The Morgan fingerprint density at radius 3 is 2.95 bits per heavy atom. The molecule has 1 aromatic carbocycles. The Hall–Kier alpha value is -0.850. The molecule has 0 radical (unpaired) electrons. The quantitative estimate of drug-likeness (QED) is 0.925. The SMILES string of the molecule is CC1(Nc2nc3cc(Cl)ccc3s2)CCS(=O)(=O)C1. The number of hydrogen-bond acceptors (Lipinski definition) is 5. The van der Waals surface area contributed by atoms with Crippen molar-refractivity contribution in [1.29, 1.82) is 0 Å². The summed E-state index contributed by atoms with van der Waals surface area (Å²) in [6.07, 6.45) is 0.617. The van der Waals surface area contributed by atoms with Gasteiger partial charge in [-0.15, -0.1) is 0 Å². The molecule has 3 rings (SSSR count). The molecule has 0 aliphatic carbocycles. The Bertz CT molecular complexity index is 741. The summed E-state index contributed by atoms with van der Waals surface area (Å²) < 4.78 is 24.2. The first-order valence-electron chi connectivity index (χ1n) is 5.90. The molecule has 102 valence electrons. The summed E-state index contributed by atoms with van der Waals surface area (Å²) in [5.74, 6) is 0.407. The van der Waals surface area contributed by atoms with Crippen molar-refractivity contribution in [2.24, 2.45) is 0 Å². The van der Waals surface area contributed by atoms with E-state index in [2.05, 4.69) is 10.3 Å². The molecule has 0 bridgehead atoms. The number of nitrogens with one attached hydrogen (secondary N) is 1. The molecule has 2 heterocycles. The van der Waals surface area contributed by atoms with Gasteiger partial charge in [0.25, 0.3) is 0 Å². The lowest BCUT2D eigenvalue weighted by molar-refractivity contribution is 0.574. The predicted octanol–water partition coefficient (Wildman–Crippen LogP) is 2.94. The minimum Gasteiger partial charge on any atom is -0.355 e. The van der Waals surface area contributed by atoms with Crippen LogP contribution in [0.3, 0.4) is 0 Å². The van der Waals surface area contributed by atoms with Gasteiger partial charge >= 0.3 is 0 Å². The summed E-state index contributed by atoms with van der Waals surface area (Å²) in [5.41, 5.74) is 0.417. The second-order valence-electron chi connectivity index (χ2n) is 5.16. The van der Waals surface area contributed by atoms with Crippen molar-refractivity contribution in [1.82, 2.24) is 4.98 Å². The van der Waals surface area contributed by atoms with E-state index in [1.54, 1.807) is 0 Å². The third kappa shape index (κ3) is 2.70. The van der Waals surface area contributed by atoms with Gasteiger partial charge in [-0.3, -0.25) is 0 Å². The van der Waals surface area contributed by atoms with Gasteiger partial charge in [0, 0.05) is 5.02 Å². The molecule has 1 aliphatic rings. The fraction of sp³-hybridized carbons (Fsp3) is 0.417. The lowest BCUT2D eigenvalue weighted by Crippen LogP contribution is -2.35. The van der Waals surface area contributed by atoms with Gasteiger partial charge in [-0.25, -0.2) is 13.4 Å². The first kappa shape index (κ1) is 13.1. The van der Waals surface area contributed by atoms with Crippen molar-refractivity contribution in [2.75, 3.05) is 16.8 Å². The molecule has 1 N–H and O–H groups in total. The lowest BCUT2D eigenvalue weighted by Gasteiger charge is -2.23. The monoisotopic (exact) mass is 316 g/mol. The van der Waals surface area contributed by atoms with Crippen molar-refractivity contribution in [3.63, 3.8) is 0 Å². The molecule has 1 unspecified atom stereocenters. The molecule has 1 atom stereocenters. The van der Waals surface area contributed by atoms with E-state index < -0.39 is 15.4 Å². The van der Waals surface area contributed by atoms with Crippen molar-refractivity contribution >= 4 is 48.1 Å². The second-order valence-corrected chi connectivity index (χ2v) is 8.81. The van der Waals surface area contributed by atoms with E-state index in [0.29, 0.717) is 11.4 Å². The van der Waals surface area contributed by atoms with Crippen molar-refractivity contribution in [3.05, 3.63) is 23.2 Å². The van der Waals surface area contributed by atoms with Crippen LogP contribution in [0.4, 0.5) is 5.13 Å². The van der Waals surface area contributed by atoms with Gasteiger partial charge in [0.2, 0.25) is 0 Å². The predicted molar refractivity (Wildman–Crippen MR) is 79.9 cm³/mol. The Morgan fingerprint density at radius 2 is 2.26 bits per heavy atom. The van der Waals surface area contributed by atoms with Crippen LogP contribution in [0.1, 0.15) is 13.3 Å². The molecule has 2 aromatic rings. The molecule has 1 aliphatic heterocycles. The standard InChI is InChI=1S/C12H13ClN2O2S2/c1-12(4-5-19(16,17)7-12)15-11-14-9-6-8(13)2-3-10(9)18-11/h2-3,6H,4-5,7H2,1H3,(H,14,15). The van der Waals surface area contributed by atoms with Gasteiger partial charge < -0.3 is 5.32 Å². The van der Waals surface area contributed by atoms with Crippen molar-refractivity contribution in [3.8, 4) is 0 Å². The van der Waals surface area contributed by atoms with E-state index in [1.165, 1.54) is 11.3 Å². The summed E-state index contributed by atoms with van der Waals surface area (Å²) in [6.45, 7) is 1.93. The first-order chi connectivity index (χ1) is 8.85. The number of halogens is 1. The van der Waals surface area contributed by atoms with Gasteiger partial charge in [0.1, 0.15) is 0 Å². The fourth-order valence-electron chi connectivity index (χ4n) is 2.32. The van der Waals surface area contributed by atoms with Crippen molar-refractivity contribution < 1.29 is 8.42 Å². The number of anilines is 1. The minimum atomic E-state index is -2.92. The van der Waals surface area contributed by atoms with Crippen LogP contribution in [0, 0.1) is 0 Å². The zero-order valence-corrected chi connectivity index (χ0v) is 12.7. The molecular weight excluding hydrogens is 304 g/mol. The highest BCUT2D eigenvalue weighted by Gasteiger charge is 2.38. The summed E-state index contributed by atoms with van der Waals surface area (Å²) >= 11 is 7.44. The van der Waals surface area contributed by atoms with E-state index in [1.807, 2.05) is 25.1 Å². The van der Waals surface area contributed by atoms with E-state index in [-0.39, 0.29) is 11.5 Å². The maximum atomic E-state index is 11.6. The summed E-state index contributed by atoms with van der Waals surface area (Å²) in [6, 6.07) is 5.56. The average Bonchev–Trinajstić information content (AvgIpc) is 2.78. The Balaban J connectivity index is 1.90. The zero-order valence-electron chi connectivity index (χ0n) is 10.3. The van der Waals surface area contributed by atoms with Gasteiger partial charge in [0.15, 0.2) is 15.0 Å². The van der Waals surface area contributed by atoms with Gasteiger partial charge in [-0.2, -0.15) is 0 Å². The second kappa shape index (κ2) is 4.33. The summed E-state index contributed by atoms with van der Waals surface area (Å²) in [7, 11) is -2.92. The Morgan fingerprint density at radius 1 is 1.47 bits per heavy atom. The molecule has 0 saturated carbocycles. The van der Waals surface area contributed by atoms with E-state index in [9.17, 15) is 8.42 Å². The Kier molecular flexibility index (Phi) is 2.99. The molecule has 19 heavy (non-hydrogen) atoms. The normalized spacial score (nSPS) is 25.8. The van der Waals surface area contributed by atoms with Gasteiger partial charge in [0.05, 0.1) is 27.3 Å². The van der Waals surface area contributed by atoms with Crippen LogP contribution in [0.2, 0.25) is 5.02 Å². The molecule has 0 spiro atoms. The molecular formula is C12H13ClN2O2S2. The zero-order chi connectivity index (χ0) is 13.7. The maximum Gasteiger partial charge on any atom is 0.184 e. The van der Waals surface area contributed by atoms with E-state index >= 15 is 0 Å². The van der Waals surface area contributed by atoms with Crippen LogP contribution in [0.25, 0.3) is 10.2 Å². The summed E-state index contributed by atoms with van der Waals surface area (Å²) in [4.78, 5) is 4.46. The molecule has 1 fully saturated rings. The smallest absolute Gasteiger partial charge is 0.184 e. The Labute approximate surface area is 120 Å². The number of hydrogen-bond donors (Lipinski definition) is 1. The summed E-state index contributed by atoms with van der Waals surface area (Å²) in [5, 5.41) is 4.67. The van der Waals surface area contributed by atoms with Crippen LogP contribution in [-0.4, -0.2) is 30.4 Å². The van der Waals surface area contributed by atoms with Crippen LogP contribution in [0.5, 0.6) is 0 Å². The van der Waals surface area contributed by atoms with Gasteiger partial charge in [-0.1, -0.05) is 22.9 Å². The fourth-order valence-corrected chi connectivity index (χ4v) is 5.58. The van der Waals surface area contributed by atoms with Crippen LogP contribution in [-0.2, 0) is 9.84 Å². The van der Waals surface area contributed by atoms with Crippen LogP contribution in [0.15, 0.2) is 18.2 Å². The number of aromatic nitrogens is 1. The van der Waals surface area contributed by atoms with Crippen molar-refractivity contribution in [2.45, 2.75) is 18.9 Å². The van der Waals surface area contributed by atoms with Crippen LogP contribution < -0.4 is 5.32 Å². The number of fused-ring (bicyclic) bond motifs is 1. The number of benzene rings is 1. The molecule has 1 saturated heterocycles. The lowest BCUT2D eigenvalue weighted by atomic mass is 10.0. The maximum absolute atomic E-state index is 11.6. The minimum absolute atomic E-state index is 0.163. The number of thiazole rings is 1. The largest absolute Gasteiger partial charge is 0.355 e. The highest BCUT2D eigenvalue weighted by Crippen LogP contribution is 2.33. The molecule has 0 amide bonds. The molecule has 7 heteroatoms. The third-order valence-electron chi connectivity index (χ3n) is 3.26. The highest BCUT2D eigenvalue weighted by atomic mass is 35.5. The topological polar surface area (TPSA) is 59.1 Å². The third-order valence-corrected chi connectivity index (χ3v) is 6.35. The first-order valence-corrected chi connectivity index (χ1v) is 8.92. The van der Waals surface area contributed by atoms with E-state index in [0.717, 1.165) is 15.3 Å². The molecule has 1 aromatic heterocycles. The number of rotatable bonds is 2.